The Balaban J connectivity index is 2.58. The number of aryl methyl sites for hydroxylation is 1. The van der Waals surface area contributed by atoms with E-state index in [2.05, 4.69) is 47.8 Å². The first-order valence-corrected chi connectivity index (χ1v) is 6.99. The fourth-order valence-corrected chi connectivity index (χ4v) is 2.47. The monoisotopic (exact) mass is 322 g/mol. The van der Waals surface area contributed by atoms with E-state index >= 15 is 0 Å². The summed E-state index contributed by atoms with van der Waals surface area (Å²) in [5, 5.41) is 0. The van der Waals surface area contributed by atoms with Crippen LogP contribution in [0.1, 0.15) is 26.3 Å². The normalized spacial score (nSPS) is 11.7. The van der Waals surface area contributed by atoms with Crippen LogP contribution in [0.4, 0.5) is 0 Å². The molecule has 0 aliphatic carbocycles. The van der Waals surface area contributed by atoms with E-state index in [0.29, 0.717) is 0 Å². The minimum absolute atomic E-state index is 0.0304. The van der Waals surface area contributed by atoms with E-state index < -0.39 is 0 Å². The molecule has 0 aliphatic rings. The molecule has 0 unspecified atom stereocenters. The molecule has 4 heteroatoms. The van der Waals surface area contributed by atoms with E-state index in [0.717, 1.165) is 21.6 Å². The molecule has 2 rings (SSSR count). The first kappa shape index (κ1) is 14.1. The number of hydrogen-bond donors (Lipinski definition) is 0. The zero-order chi connectivity index (χ0) is 14.2. The topological polar surface area (TPSA) is 27.1 Å². The second-order valence-corrected chi connectivity index (χ2v) is 6.41. The lowest BCUT2D eigenvalue weighted by atomic mass is 9.85. The van der Waals surface area contributed by atoms with Crippen molar-refractivity contribution in [2.24, 2.45) is 7.05 Å². The molecule has 19 heavy (non-hydrogen) atoms. The Labute approximate surface area is 122 Å². The van der Waals surface area contributed by atoms with E-state index in [1.807, 2.05) is 23.7 Å². The summed E-state index contributed by atoms with van der Waals surface area (Å²) in [6, 6.07) is 6.21. The third-order valence-corrected chi connectivity index (χ3v) is 4.08. The van der Waals surface area contributed by atoms with Crippen molar-refractivity contribution < 1.29 is 4.74 Å². The van der Waals surface area contributed by atoms with Gasteiger partial charge in [-0.1, -0.05) is 20.8 Å². The van der Waals surface area contributed by atoms with E-state index in [1.165, 1.54) is 5.56 Å². The number of rotatable bonds is 2. The van der Waals surface area contributed by atoms with Crippen LogP contribution in [0.2, 0.25) is 0 Å². The summed E-state index contributed by atoms with van der Waals surface area (Å²) in [7, 11) is 3.68. The number of benzene rings is 1. The molecule has 0 radical (unpaired) electrons. The Morgan fingerprint density at radius 1 is 1.26 bits per heavy atom. The van der Waals surface area contributed by atoms with Gasteiger partial charge in [0.1, 0.15) is 16.0 Å². The van der Waals surface area contributed by atoms with Gasteiger partial charge in [-0.15, -0.1) is 0 Å². The van der Waals surface area contributed by atoms with E-state index in [1.54, 1.807) is 13.4 Å². The van der Waals surface area contributed by atoms with Crippen molar-refractivity contribution in [2.75, 3.05) is 7.11 Å². The fourth-order valence-electron chi connectivity index (χ4n) is 2.05. The SMILES string of the molecule is COc1ccc(-c2ncn(C)c2Br)cc1C(C)(C)C. The maximum atomic E-state index is 5.46. The van der Waals surface area contributed by atoms with Gasteiger partial charge in [-0.25, -0.2) is 4.98 Å². The number of nitrogens with zero attached hydrogens (tertiary/aromatic N) is 2. The molecule has 0 saturated heterocycles. The van der Waals surface area contributed by atoms with Gasteiger partial charge < -0.3 is 9.30 Å². The minimum atomic E-state index is 0.0304. The van der Waals surface area contributed by atoms with Crippen LogP contribution < -0.4 is 4.74 Å². The van der Waals surface area contributed by atoms with E-state index in [-0.39, 0.29) is 5.41 Å². The van der Waals surface area contributed by atoms with Gasteiger partial charge in [-0.3, -0.25) is 0 Å². The minimum Gasteiger partial charge on any atom is -0.496 e. The number of halogens is 1. The predicted octanol–water partition coefficient (Wildman–Crippen LogP) is 4.16. The summed E-state index contributed by atoms with van der Waals surface area (Å²) < 4.78 is 8.40. The van der Waals surface area contributed by atoms with Gasteiger partial charge in [0, 0.05) is 18.2 Å². The highest BCUT2D eigenvalue weighted by Gasteiger charge is 2.20. The van der Waals surface area contributed by atoms with Crippen molar-refractivity contribution >= 4 is 15.9 Å². The lowest BCUT2D eigenvalue weighted by molar-refractivity contribution is 0.397. The molecule has 1 heterocycles. The van der Waals surface area contributed by atoms with Crippen LogP contribution in [-0.2, 0) is 12.5 Å². The Hall–Kier alpha value is -1.29. The highest BCUT2D eigenvalue weighted by atomic mass is 79.9. The molecule has 1 aromatic heterocycles. The molecule has 0 amide bonds. The summed E-state index contributed by atoms with van der Waals surface area (Å²) >= 11 is 3.57. The van der Waals surface area contributed by atoms with Gasteiger partial charge >= 0.3 is 0 Å². The van der Waals surface area contributed by atoms with Crippen molar-refractivity contribution in [1.82, 2.24) is 9.55 Å². The number of ether oxygens (including phenoxy) is 1. The molecule has 0 aliphatic heterocycles. The quantitative estimate of drug-likeness (QED) is 0.830. The smallest absolute Gasteiger partial charge is 0.122 e. The number of hydrogen-bond acceptors (Lipinski definition) is 2. The molecule has 2 aromatic rings. The average Bonchev–Trinajstić information content (AvgIpc) is 2.68. The van der Waals surface area contributed by atoms with Gasteiger partial charge in [-0.05, 0) is 39.5 Å². The van der Waals surface area contributed by atoms with Crippen LogP contribution in [0.25, 0.3) is 11.3 Å². The van der Waals surface area contributed by atoms with Crippen molar-refractivity contribution in [2.45, 2.75) is 26.2 Å². The highest BCUT2D eigenvalue weighted by molar-refractivity contribution is 9.10. The van der Waals surface area contributed by atoms with Crippen LogP contribution in [0, 0.1) is 0 Å². The maximum absolute atomic E-state index is 5.46. The molecule has 0 spiro atoms. The molecular weight excluding hydrogens is 304 g/mol. The van der Waals surface area contributed by atoms with Gasteiger partial charge in [0.2, 0.25) is 0 Å². The third kappa shape index (κ3) is 2.68. The molecule has 0 fully saturated rings. The molecule has 0 bridgehead atoms. The van der Waals surface area contributed by atoms with Crippen molar-refractivity contribution in [3.05, 3.63) is 34.7 Å². The fraction of sp³-hybridized carbons (Fsp3) is 0.400. The van der Waals surface area contributed by atoms with Crippen LogP contribution >= 0.6 is 15.9 Å². The highest BCUT2D eigenvalue weighted by Crippen LogP contribution is 2.36. The van der Waals surface area contributed by atoms with Crippen LogP contribution in [0.5, 0.6) is 5.75 Å². The third-order valence-electron chi connectivity index (χ3n) is 3.15. The molecule has 0 atom stereocenters. The Bertz CT molecular complexity index is 597. The van der Waals surface area contributed by atoms with Gasteiger partial charge in [0.25, 0.3) is 0 Å². The van der Waals surface area contributed by atoms with E-state index in [4.69, 9.17) is 4.74 Å². The van der Waals surface area contributed by atoms with Crippen molar-refractivity contribution in [3.8, 4) is 17.0 Å². The molecule has 1 aromatic carbocycles. The van der Waals surface area contributed by atoms with E-state index in [9.17, 15) is 0 Å². The zero-order valence-corrected chi connectivity index (χ0v) is 13.6. The second-order valence-electron chi connectivity index (χ2n) is 5.66. The number of imidazole rings is 1. The molecule has 0 saturated carbocycles. The molecular formula is C15H19BrN2O. The predicted molar refractivity (Wildman–Crippen MR) is 81.6 cm³/mol. The number of methoxy groups -OCH3 is 1. The summed E-state index contributed by atoms with van der Waals surface area (Å²) in [5.41, 5.74) is 3.27. The standard InChI is InChI=1S/C15H19BrN2O/c1-15(2,3)11-8-10(6-7-12(11)19-5)13-14(16)18(4)9-17-13/h6-9H,1-5H3. The lowest BCUT2D eigenvalue weighted by Gasteiger charge is -2.22. The summed E-state index contributed by atoms with van der Waals surface area (Å²) in [6.45, 7) is 6.55. The first-order valence-electron chi connectivity index (χ1n) is 6.20. The number of aromatic nitrogens is 2. The maximum Gasteiger partial charge on any atom is 0.122 e. The molecule has 102 valence electrons. The Kier molecular flexibility index (Phi) is 3.72. The molecule has 0 N–H and O–H groups in total. The Morgan fingerprint density at radius 2 is 1.95 bits per heavy atom. The van der Waals surface area contributed by atoms with Crippen LogP contribution in [-0.4, -0.2) is 16.7 Å². The average molecular weight is 323 g/mol. The van der Waals surface area contributed by atoms with Gasteiger partial charge in [-0.2, -0.15) is 0 Å². The van der Waals surface area contributed by atoms with Gasteiger partial charge in [0.05, 0.1) is 13.4 Å². The second kappa shape index (κ2) is 5.00. The summed E-state index contributed by atoms with van der Waals surface area (Å²) in [5.74, 6) is 0.920. The van der Waals surface area contributed by atoms with Crippen molar-refractivity contribution in [3.63, 3.8) is 0 Å². The molecule has 3 nitrogen and oxygen atoms in total. The lowest BCUT2D eigenvalue weighted by Crippen LogP contribution is -2.13. The Morgan fingerprint density at radius 3 is 2.42 bits per heavy atom. The summed E-state index contributed by atoms with van der Waals surface area (Å²) in [4.78, 5) is 4.44. The van der Waals surface area contributed by atoms with Gasteiger partial charge in [0.15, 0.2) is 0 Å². The largest absolute Gasteiger partial charge is 0.496 e. The summed E-state index contributed by atoms with van der Waals surface area (Å²) in [6.07, 6.45) is 1.81. The first-order chi connectivity index (χ1) is 8.84. The van der Waals surface area contributed by atoms with Crippen molar-refractivity contribution in [1.29, 1.82) is 0 Å². The van der Waals surface area contributed by atoms with Crippen LogP contribution in [0.15, 0.2) is 29.1 Å². The zero-order valence-electron chi connectivity index (χ0n) is 12.0. The van der Waals surface area contributed by atoms with Crippen LogP contribution in [0.3, 0.4) is 0 Å².